The van der Waals surface area contributed by atoms with Gasteiger partial charge in [0.25, 0.3) is 11.8 Å². The molecule has 0 saturated heterocycles. The van der Waals surface area contributed by atoms with E-state index in [1.807, 2.05) is 0 Å². The van der Waals surface area contributed by atoms with E-state index in [0.717, 1.165) is 0 Å². The number of carbonyl (C=O) groups is 2. The lowest BCUT2D eigenvalue weighted by Crippen LogP contribution is -2.41. The van der Waals surface area contributed by atoms with Gasteiger partial charge in [-0.3, -0.25) is 20.4 Å². The van der Waals surface area contributed by atoms with Crippen LogP contribution in [0.15, 0.2) is 88.2 Å². The largest absolute Gasteiger partial charge is 0.269 e. The van der Waals surface area contributed by atoms with E-state index in [9.17, 15) is 18.0 Å². The molecular weight excluding hydrogens is 470 g/mol. The Morgan fingerprint density at radius 3 is 1.87 bits per heavy atom. The Bertz CT molecular complexity index is 1150. The average molecular weight is 488 g/mol. The minimum Gasteiger partial charge on any atom is -0.267 e. The van der Waals surface area contributed by atoms with Crippen LogP contribution in [0.2, 0.25) is 0 Å². The summed E-state index contributed by atoms with van der Waals surface area (Å²) in [7, 11) is -3.68. The molecule has 3 N–H and O–H groups in total. The number of hydrogen-bond donors (Lipinski definition) is 3. The monoisotopic (exact) mass is 487 g/mol. The van der Waals surface area contributed by atoms with E-state index in [4.69, 9.17) is 0 Å². The highest BCUT2D eigenvalue weighted by Gasteiger charge is 2.16. The lowest BCUT2D eigenvalue weighted by molar-refractivity contribution is 0.0846. The predicted molar refractivity (Wildman–Crippen MR) is 116 cm³/mol. The maximum Gasteiger partial charge on any atom is 0.269 e. The van der Waals surface area contributed by atoms with Gasteiger partial charge in [0.2, 0.25) is 10.0 Å². The minimum atomic E-state index is -3.68. The van der Waals surface area contributed by atoms with E-state index in [-0.39, 0.29) is 11.4 Å². The van der Waals surface area contributed by atoms with Crippen LogP contribution in [-0.2, 0) is 16.6 Å². The van der Waals surface area contributed by atoms with Crippen molar-refractivity contribution in [3.63, 3.8) is 0 Å². The van der Waals surface area contributed by atoms with Crippen molar-refractivity contribution in [2.75, 3.05) is 0 Å². The summed E-state index contributed by atoms with van der Waals surface area (Å²) in [5, 5.41) is 0. The number of hydrogen-bond acceptors (Lipinski definition) is 4. The molecule has 0 radical (unpaired) electrons. The highest BCUT2D eigenvalue weighted by molar-refractivity contribution is 9.10. The average Bonchev–Trinajstić information content (AvgIpc) is 2.77. The van der Waals surface area contributed by atoms with Gasteiger partial charge in [-0.05, 0) is 57.9 Å². The molecule has 0 aromatic heterocycles. The number of rotatable bonds is 6. The number of amides is 2. The molecule has 0 heterocycles. The summed E-state index contributed by atoms with van der Waals surface area (Å²) in [6, 6.07) is 21.4. The second kappa shape index (κ2) is 9.66. The second-order valence-electron chi connectivity index (χ2n) is 6.23. The Morgan fingerprint density at radius 1 is 0.733 bits per heavy atom. The first-order chi connectivity index (χ1) is 14.4. The van der Waals surface area contributed by atoms with Crippen molar-refractivity contribution in [2.45, 2.75) is 11.4 Å². The van der Waals surface area contributed by atoms with Crippen LogP contribution >= 0.6 is 15.9 Å². The smallest absolute Gasteiger partial charge is 0.267 e. The molecule has 30 heavy (non-hydrogen) atoms. The fraction of sp³-hybridized carbons (Fsp3) is 0.0476. The number of halogens is 1. The molecule has 154 valence electrons. The standard InChI is InChI=1S/C21H18BrN3O4S/c22-18-8-4-5-9-19(18)30(28,29)23-14-15-10-12-17(13-11-15)21(27)25-24-20(26)16-6-2-1-3-7-16/h1-13,23H,14H2,(H,24,26)(H,25,27). The van der Waals surface area contributed by atoms with Crippen LogP contribution in [0, 0.1) is 0 Å². The van der Waals surface area contributed by atoms with Crippen LogP contribution in [0.25, 0.3) is 0 Å². The second-order valence-corrected chi connectivity index (χ2v) is 8.82. The van der Waals surface area contributed by atoms with Crippen LogP contribution in [-0.4, -0.2) is 20.2 Å². The van der Waals surface area contributed by atoms with E-state index in [2.05, 4.69) is 31.5 Å². The highest BCUT2D eigenvalue weighted by Crippen LogP contribution is 2.21. The SMILES string of the molecule is O=C(NNC(=O)c1ccc(CNS(=O)(=O)c2ccccc2Br)cc1)c1ccccc1. The summed E-state index contributed by atoms with van der Waals surface area (Å²) in [6.45, 7) is 0.0658. The Labute approximate surface area is 182 Å². The van der Waals surface area contributed by atoms with Gasteiger partial charge < -0.3 is 0 Å². The molecule has 0 aliphatic heterocycles. The zero-order valence-electron chi connectivity index (χ0n) is 15.6. The third-order valence-electron chi connectivity index (χ3n) is 4.13. The number of nitrogens with one attached hydrogen (secondary N) is 3. The molecule has 2 amide bonds. The van der Waals surface area contributed by atoms with Crippen LogP contribution in [0.4, 0.5) is 0 Å². The molecule has 0 fully saturated rings. The number of benzene rings is 3. The van der Waals surface area contributed by atoms with Crippen molar-refractivity contribution in [1.82, 2.24) is 15.6 Å². The van der Waals surface area contributed by atoms with Gasteiger partial charge in [0.1, 0.15) is 0 Å². The first kappa shape index (κ1) is 21.7. The molecule has 0 unspecified atom stereocenters. The summed E-state index contributed by atoms with van der Waals surface area (Å²) in [4.78, 5) is 24.3. The first-order valence-electron chi connectivity index (χ1n) is 8.86. The summed E-state index contributed by atoms with van der Waals surface area (Å²) in [6.07, 6.45) is 0. The lowest BCUT2D eigenvalue weighted by atomic mass is 10.1. The van der Waals surface area contributed by atoms with Crippen molar-refractivity contribution in [1.29, 1.82) is 0 Å². The van der Waals surface area contributed by atoms with Gasteiger partial charge in [0.05, 0.1) is 4.90 Å². The Hall–Kier alpha value is -3.01. The Morgan fingerprint density at radius 2 is 1.27 bits per heavy atom. The number of hydrazine groups is 1. The fourth-order valence-electron chi connectivity index (χ4n) is 2.54. The van der Waals surface area contributed by atoms with E-state index in [1.54, 1.807) is 72.8 Å². The molecule has 0 atom stereocenters. The fourth-order valence-corrected chi connectivity index (χ4v) is 4.56. The molecule has 0 aliphatic carbocycles. The zero-order chi connectivity index (χ0) is 21.6. The molecule has 0 saturated carbocycles. The topological polar surface area (TPSA) is 104 Å². The molecule has 3 aromatic rings. The number of carbonyl (C=O) groups excluding carboxylic acids is 2. The van der Waals surface area contributed by atoms with E-state index >= 15 is 0 Å². The number of sulfonamides is 1. The third kappa shape index (κ3) is 5.53. The van der Waals surface area contributed by atoms with Gasteiger partial charge in [-0.15, -0.1) is 0 Å². The summed E-state index contributed by atoms with van der Waals surface area (Å²) in [5.41, 5.74) is 6.11. The molecule has 0 bridgehead atoms. The quantitative estimate of drug-likeness (QED) is 0.464. The van der Waals surface area contributed by atoms with Gasteiger partial charge in [0, 0.05) is 22.1 Å². The maximum atomic E-state index is 12.4. The lowest BCUT2D eigenvalue weighted by Gasteiger charge is -2.10. The van der Waals surface area contributed by atoms with Crippen LogP contribution < -0.4 is 15.6 Å². The van der Waals surface area contributed by atoms with Crippen molar-refractivity contribution in [3.05, 3.63) is 100 Å². The van der Waals surface area contributed by atoms with Gasteiger partial charge in [-0.1, -0.05) is 42.5 Å². The minimum absolute atomic E-state index is 0.0658. The van der Waals surface area contributed by atoms with Crippen LogP contribution in [0.3, 0.4) is 0 Å². The van der Waals surface area contributed by atoms with E-state index in [0.29, 0.717) is 21.2 Å². The third-order valence-corrected chi connectivity index (χ3v) is 6.55. The molecular formula is C21H18BrN3O4S. The Kier molecular flexibility index (Phi) is 6.99. The normalized spacial score (nSPS) is 11.0. The van der Waals surface area contributed by atoms with E-state index < -0.39 is 21.8 Å². The van der Waals surface area contributed by atoms with Gasteiger partial charge in [-0.25, -0.2) is 13.1 Å². The molecule has 7 nitrogen and oxygen atoms in total. The van der Waals surface area contributed by atoms with Crippen LogP contribution in [0.1, 0.15) is 26.3 Å². The molecule has 3 aromatic carbocycles. The predicted octanol–water partition coefficient (Wildman–Crippen LogP) is 3.00. The van der Waals surface area contributed by atoms with Crippen molar-refractivity contribution >= 4 is 37.8 Å². The van der Waals surface area contributed by atoms with Gasteiger partial charge in [-0.2, -0.15) is 0 Å². The van der Waals surface area contributed by atoms with Crippen molar-refractivity contribution in [3.8, 4) is 0 Å². The summed E-state index contributed by atoms with van der Waals surface area (Å²) < 4.78 is 27.8. The molecule has 9 heteroatoms. The van der Waals surface area contributed by atoms with Gasteiger partial charge in [0.15, 0.2) is 0 Å². The summed E-state index contributed by atoms with van der Waals surface area (Å²) in [5.74, 6) is -0.915. The van der Waals surface area contributed by atoms with Crippen molar-refractivity contribution in [2.24, 2.45) is 0 Å². The Balaban J connectivity index is 1.56. The van der Waals surface area contributed by atoms with E-state index in [1.165, 1.54) is 6.07 Å². The maximum absolute atomic E-state index is 12.4. The molecule has 0 aliphatic rings. The first-order valence-corrected chi connectivity index (χ1v) is 11.1. The van der Waals surface area contributed by atoms with Gasteiger partial charge >= 0.3 is 0 Å². The summed E-state index contributed by atoms with van der Waals surface area (Å²) >= 11 is 3.23. The van der Waals surface area contributed by atoms with Crippen LogP contribution in [0.5, 0.6) is 0 Å². The molecule has 3 rings (SSSR count). The zero-order valence-corrected chi connectivity index (χ0v) is 18.0. The molecule has 0 spiro atoms. The highest BCUT2D eigenvalue weighted by atomic mass is 79.9. The van der Waals surface area contributed by atoms with Crippen molar-refractivity contribution < 1.29 is 18.0 Å².